The Morgan fingerprint density at radius 3 is 2.48 bits per heavy atom. The standard InChI is InChI=1S/C18H27N3O5S/c1-8-12-11(18(2,3)26)16(23)21(12)13(17(24)25)14(8)27-9-6-10(19-7-9)15(22)20(4)5/h8-12,19,26H,6-7H2,1-5H3,(H,24,25)/t8-,9+,10+,11-,12-/m1/s1. The molecule has 2 amide bonds. The van der Waals surface area contributed by atoms with Gasteiger partial charge >= 0.3 is 5.97 Å². The molecule has 0 aromatic rings. The molecule has 3 heterocycles. The summed E-state index contributed by atoms with van der Waals surface area (Å²) in [5.74, 6) is -2.23. The molecule has 5 atom stereocenters. The molecule has 27 heavy (non-hydrogen) atoms. The molecule has 150 valence electrons. The molecule has 3 rings (SSSR count). The highest BCUT2D eigenvalue weighted by molar-refractivity contribution is 8.03. The molecule has 0 aromatic heterocycles. The van der Waals surface area contributed by atoms with Crippen molar-refractivity contribution in [3.8, 4) is 0 Å². The van der Waals surface area contributed by atoms with E-state index in [2.05, 4.69) is 5.32 Å². The van der Waals surface area contributed by atoms with Gasteiger partial charge in [-0.25, -0.2) is 4.79 Å². The predicted octanol–water partition coefficient (Wildman–Crippen LogP) is 0.0821. The molecule has 3 N–H and O–H groups in total. The Morgan fingerprint density at radius 2 is 1.96 bits per heavy atom. The van der Waals surface area contributed by atoms with Crippen LogP contribution in [0.3, 0.4) is 0 Å². The summed E-state index contributed by atoms with van der Waals surface area (Å²) in [7, 11) is 3.42. The Balaban J connectivity index is 1.80. The van der Waals surface area contributed by atoms with Crippen molar-refractivity contribution in [2.24, 2.45) is 11.8 Å². The van der Waals surface area contributed by atoms with E-state index < -0.39 is 17.5 Å². The second-order valence-electron chi connectivity index (χ2n) is 8.31. The average molecular weight is 397 g/mol. The minimum atomic E-state index is -1.20. The molecule has 0 aromatic carbocycles. The summed E-state index contributed by atoms with van der Waals surface area (Å²) in [6.07, 6.45) is 0.609. The van der Waals surface area contributed by atoms with Crippen LogP contribution in [0.2, 0.25) is 0 Å². The van der Waals surface area contributed by atoms with Crippen LogP contribution in [0.5, 0.6) is 0 Å². The smallest absolute Gasteiger partial charge is 0.353 e. The highest BCUT2D eigenvalue weighted by atomic mass is 32.2. The number of aliphatic carboxylic acids is 1. The molecule has 0 unspecified atom stereocenters. The van der Waals surface area contributed by atoms with Gasteiger partial charge in [0.15, 0.2) is 0 Å². The number of carbonyl (C=O) groups excluding carboxylic acids is 2. The topological polar surface area (TPSA) is 110 Å². The Kier molecular flexibility index (Phi) is 5.07. The van der Waals surface area contributed by atoms with Gasteiger partial charge < -0.3 is 25.3 Å². The van der Waals surface area contributed by atoms with E-state index in [9.17, 15) is 24.6 Å². The van der Waals surface area contributed by atoms with E-state index in [1.165, 1.54) is 16.7 Å². The van der Waals surface area contributed by atoms with Crippen LogP contribution in [0.1, 0.15) is 27.2 Å². The van der Waals surface area contributed by atoms with E-state index in [0.29, 0.717) is 17.9 Å². The number of aliphatic hydroxyl groups is 1. The number of nitrogens with zero attached hydrogens (tertiary/aromatic N) is 2. The van der Waals surface area contributed by atoms with Crippen LogP contribution in [0, 0.1) is 11.8 Å². The van der Waals surface area contributed by atoms with Crippen molar-refractivity contribution in [3.05, 3.63) is 10.6 Å². The van der Waals surface area contributed by atoms with Crippen molar-refractivity contribution in [2.75, 3.05) is 20.6 Å². The normalized spacial score (nSPS) is 33.2. The molecular formula is C18H27N3O5S. The number of rotatable bonds is 5. The van der Waals surface area contributed by atoms with Crippen molar-refractivity contribution < 1.29 is 24.6 Å². The summed E-state index contributed by atoms with van der Waals surface area (Å²) in [4.78, 5) is 40.1. The summed E-state index contributed by atoms with van der Waals surface area (Å²) >= 11 is 1.44. The zero-order valence-corrected chi connectivity index (χ0v) is 17.0. The van der Waals surface area contributed by atoms with Crippen molar-refractivity contribution in [2.45, 2.75) is 50.1 Å². The fraction of sp³-hybridized carbons (Fsp3) is 0.722. The second kappa shape index (κ2) is 6.79. The molecule has 0 saturated carbocycles. The molecule has 9 heteroatoms. The zero-order chi connectivity index (χ0) is 20.3. The van der Waals surface area contributed by atoms with Crippen LogP contribution in [0.15, 0.2) is 10.6 Å². The first-order chi connectivity index (χ1) is 12.4. The van der Waals surface area contributed by atoms with E-state index in [1.54, 1.807) is 32.8 Å². The monoisotopic (exact) mass is 397 g/mol. The van der Waals surface area contributed by atoms with Crippen LogP contribution in [0.25, 0.3) is 0 Å². The van der Waals surface area contributed by atoms with Gasteiger partial charge in [-0.15, -0.1) is 11.8 Å². The highest BCUT2D eigenvalue weighted by Crippen LogP contribution is 2.53. The Morgan fingerprint density at radius 1 is 1.33 bits per heavy atom. The van der Waals surface area contributed by atoms with Crippen molar-refractivity contribution in [1.29, 1.82) is 0 Å². The van der Waals surface area contributed by atoms with Crippen LogP contribution >= 0.6 is 11.8 Å². The molecule has 0 bridgehead atoms. The number of amides is 2. The van der Waals surface area contributed by atoms with E-state index in [0.717, 1.165) is 0 Å². The maximum absolute atomic E-state index is 12.5. The largest absolute Gasteiger partial charge is 0.477 e. The number of hydrogen-bond acceptors (Lipinski definition) is 6. The molecule has 3 aliphatic heterocycles. The molecule has 3 aliphatic rings. The number of carboxylic acid groups (broad SMARTS) is 1. The van der Waals surface area contributed by atoms with Crippen LogP contribution in [-0.4, -0.2) is 81.4 Å². The van der Waals surface area contributed by atoms with Crippen LogP contribution in [0.4, 0.5) is 0 Å². The fourth-order valence-electron chi connectivity index (χ4n) is 4.33. The Hall–Kier alpha value is -1.58. The van der Waals surface area contributed by atoms with Crippen LogP contribution in [-0.2, 0) is 14.4 Å². The van der Waals surface area contributed by atoms with Gasteiger partial charge in [-0.2, -0.15) is 0 Å². The lowest BCUT2D eigenvalue weighted by Crippen LogP contribution is -2.66. The summed E-state index contributed by atoms with van der Waals surface area (Å²) in [5.41, 5.74) is -1.17. The lowest BCUT2D eigenvalue weighted by Gasteiger charge is -2.49. The molecule has 2 fully saturated rings. The lowest BCUT2D eigenvalue weighted by molar-refractivity contribution is -0.171. The summed E-state index contributed by atoms with van der Waals surface area (Å²) < 4.78 is 0. The molecule has 0 spiro atoms. The van der Waals surface area contributed by atoms with Gasteiger partial charge in [-0.1, -0.05) is 6.92 Å². The summed E-state index contributed by atoms with van der Waals surface area (Å²) in [5, 5.41) is 23.3. The number of carboxylic acids is 1. The van der Waals surface area contributed by atoms with Gasteiger partial charge in [0, 0.05) is 36.7 Å². The third kappa shape index (κ3) is 3.25. The number of β-lactam (4-membered cyclic amide) rings is 1. The molecule has 2 saturated heterocycles. The van der Waals surface area contributed by atoms with E-state index >= 15 is 0 Å². The van der Waals surface area contributed by atoms with Gasteiger partial charge in [-0.05, 0) is 20.3 Å². The quantitative estimate of drug-likeness (QED) is 0.564. The van der Waals surface area contributed by atoms with Gasteiger partial charge in [0.25, 0.3) is 0 Å². The van der Waals surface area contributed by atoms with Gasteiger partial charge in [0.2, 0.25) is 11.8 Å². The molecular weight excluding hydrogens is 370 g/mol. The number of thioether (sulfide) groups is 1. The minimum Gasteiger partial charge on any atom is -0.477 e. The highest BCUT2D eigenvalue weighted by Gasteiger charge is 2.62. The van der Waals surface area contributed by atoms with Gasteiger partial charge in [0.05, 0.1) is 23.6 Å². The average Bonchev–Trinajstić information content (AvgIpc) is 3.08. The third-order valence-corrected chi connectivity index (χ3v) is 7.14. The minimum absolute atomic E-state index is 0.00565. The number of nitrogens with one attached hydrogen (secondary N) is 1. The number of carbonyl (C=O) groups is 3. The first kappa shape index (κ1) is 20.2. The van der Waals surface area contributed by atoms with Gasteiger partial charge in [-0.3, -0.25) is 9.59 Å². The molecule has 8 nitrogen and oxygen atoms in total. The van der Waals surface area contributed by atoms with E-state index in [1.807, 2.05) is 6.92 Å². The van der Waals surface area contributed by atoms with E-state index in [4.69, 9.17) is 0 Å². The van der Waals surface area contributed by atoms with Crippen molar-refractivity contribution in [3.63, 3.8) is 0 Å². The first-order valence-electron chi connectivity index (χ1n) is 9.09. The maximum atomic E-state index is 12.5. The van der Waals surface area contributed by atoms with Crippen molar-refractivity contribution >= 4 is 29.5 Å². The third-order valence-electron chi connectivity index (χ3n) is 5.63. The fourth-order valence-corrected chi connectivity index (χ4v) is 5.81. The lowest BCUT2D eigenvalue weighted by atomic mass is 9.73. The summed E-state index contributed by atoms with van der Waals surface area (Å²) in [6, 6.07) is -0.606. The second-order valence-corrected chi connectivity index (χ2v) is 9.65. The number of fused-ring (bicyclic) bond motifs is 1. The first-order valence-corrected chi connectivity index (χ1v) is 9.97. The summed E-state index contributed by atoms with van der Waals surface area (Å²) in [6.45, 7) is 5.69. The zero-order valence-electron chi connectivity index (χ0n) is 16.2. The number of likely N-dealkylation sites (N-methyl/N-ethyl adjacent to an activating group) is 1. The van der Waals surface area contributed by atoms with Crippen molar-refractivity contribution in [1.82, 2.24) is 15.1 Å². The number of hydrogen-bond donors (Lipinski definition) is 3. The van der Waals surface area contributed by atoms with Crippen LogP contribution < -0.4 is 5.32 Å². The van der Waals surface area contributed by atoms with Gasteiger partial charge in [0.1, 0.15) is 5.70 Å². The van der Waals surface area contributed by atoms with E-state index in [-0.39, 0.29) is 40.8 Å². The Labute approximate surface area is 163 Å². The Bertz CT molecular complexity index is 714. The molecule has 0 radical (unpaired) electrons. The predicted molar refractivity (Wildman–Crippen MR) is 101 cm³/mol. The molecule has 0 aliphatic carbocycles. The SMILES string of the molecule is C[C@H]1C(S[C@@H]2CN[C@H](C(=O)N(C)C)C2)=C(C(=O)O)N2C(=O)[C@H](C(C)(C)O)[C@@H]12. The maximum Gasteiger partial charge on any atom is 0.353 e.